The molecule has 1 heterocycles. The van der Waals surface area contributed by atoms with Crippen LogP contribution in [0.15, 0.2) is 48.5 Å². The van der Waals surface area contributed by atoms with Gasteiger partial charge >= 0.3 is 0 Å². The summed E-state index contributed by atoms with van der Waals surface area (Å²) in [5, 5.41) is 10.0. The number of hydroxylamine groups is 1. The standard InChI is InChI=1S/C22H22N2O3/c1-2-14-9-6-10-17-18-13-16(21(25)23-27)11-12-19(18)24(20(14)17)22(26)15-7-4-3-5-8-15/h3-10,16,27H,2,11-13H2,1H3,(H,23,25). The number of nitrogens with zero attached hydrogens (tertiary/aromatic N) is 1. The van der Waals surface area contributed by atoms with E-state index < -0.39 is 0 Å². The number of carbonyl (C=O) groups excluding carboxylic acids is 2. The Morgan fingerprint density at radius 3 is 2.63 bits per heavy atom. The summed E-state index contributed by atoms with van der Waals surface area (Å²) in [6, 6.07) is 15.4. The maximum Gasteiger partial charge on any atom is 0.262 e. The Bertz CT molecular complexity index is 1020. The molecular formula is C22H22N2O3. The topological polar surface area (TPSA) is 71.3 Å². The zero-order chi connectivity index (χ0) is 19.0. The molecule has 27 heavy (non-hydrogen) atoms. The molecule has 1 amide bonds. The third-order valence-corrected chi connectivity index (χ3v) is 5.55. The van der Waals surface area contributed by atoms with Crippen LogP contribution in [0.25, 0.3) is 10.9 Å². The van der Waals surface area contributed by atoms with Crippen molar-refractivity contribution >= 4 is 22.7 Å². The summed E-state index contributed by atoms with van der Waals surface area (Å²) in [6.45, 7) is 2.08. The molecule has 1 aromatic heterocycles. The molecule has 1 aliphatic rings. The highest BCUT2D eigenvalue weighted by Crippen LogP contribution is 2.36. The summed E-state index contributed by atoms with van der Waals surface area (Å²) in [4.78, 5) is 25.3. The molecular weight excluding hydrogens is 340 g/mol. The van der Waals surface area contributed by atoms with Crippen LogP contribution in [0.3, 0.4) is 0 Å². The first-order valence-electron chi connectivity index (χ1n) is 9.33. The van der Waals surface area contributed by atoms with Crippen molar-refractivity contribution in [3.63, 3.8) is 0 Å². The van der Waals surface area contributed by atoms with Gasteiger partial charge in [0.25, 0.3) is 5.91 Å². The molecule has 5 nitrogen and oxygen atoms in total. The van der Waals surface area contributed by atoms with Crippen LogP contribution in [0.4, 0.5) is 0 Å². The number of fused-ring (bicyclic) bond motifs is 3. The Kier molecular flexibility index (Phi) is 4.54. The molecule has 0 saturated heterocycles. The van der Waals surface area contributed by atoms with Gasteiger partial charge in [0.2, 0.25) is 5.91 Å². The van der Waals surface area contributed by atoms with Gasteiger partial charge in [0.15, 0.2) is 0 Å². The van der Waals surface area contributed by atoms with Crippen molar-refractivity contribution in [2.24, 2.45) is 5.92 Å². The average molecular weight is 362 g/mol. The first kappa shape index (κ1) is 17.5. The number of hydrogen-bond acceptors (Lipinski definition) is 3. The summed E-state index contributed by atoms with van der Waals surface area (Å²) in [5.41, 5.74) is 6.53. The number of para-hydroxylation sites is 1. The lowest BCUT2D eigenvalue weighted by Crippen LogP contribution is -2.32. The minimum atomic E-state index is -0.359. The van der Waals surface area contributed by atoms with Crippen LogP contribution in [0.5, 0.6) is 0 Å². The third-order valence-electron chi connectivity index (χ3n) is 5.55. The van der Waals surface area contributed by atoms with Gasteiger partial charge in [-0.25, -0.2) is 5.48 Å². The lowest BCUT2D eigenvalue weighted by atomic mass is 9.85. The zero-order valence-electron chi connectivity index (χ0n) is 15.2. The normalized spacial score (nSPS) is 16.1. The predicted molar refractivity (Wildman–Crippen MR) is 103 cm³/mol. The van der Waals surface area contributed by atoms with Gasteiger partial charge in [-0.2, -0.15) is 0 Å². The van der Waals surface area contributed by atoms with E-state index in [0.717, 1.165) is 34.1 Å². The van der Waals surface area contributed by atoms with E-state index in [0.29, 0.717) is 24.8 Å². The number of rotatable bonds is 3. The molecule has 5 heteroatoms. The molecule has 3 aromatic rings. The quantitative estimate of drug-likeness (QED) is 0.553. The second-order valence-corrected chi connectivity index (χ2v) is 7.01. The Labute approximate surface area is 157 Å². The molecule has 0 bridgehead atoms. The van der Waals surface area contributed by atoms with Crippen LogP contribution in [0, 0.1) is 5.92 Å². The van der Waals surface area contributed by atoms with Crippen LogP contribution in [-0.2, 0) is 24.1 Å². The first-order chi connectivity index (χ1) is 13.2. The molecule has 1 unspecified atom stereocenters. The minimum absolute atomic E-state index is 0.0344. The van der Waals surface area contributed by atoms with E-state index in [2.05, 4.69) is 13.0 Å². The summed E-state index contributed by atoms with van der Waals surface area (Å²) in [6.07, 6.45) is 2.59. The monoisotopic (exact) mass is 362 g/mol. The highest BCUT2D eigenvalue weighted by molar-refractivity contribution is 6.05. The van der Waals surface area contributed by atoms with Gasteiger partial charge in [0.05, 0.1) is 5.52 Å². The molecule has 0 aliphatic heterocycles. The van der Waals surface area contributed by atoms with Gasteiger partial charge < -0.3 is 0 Å². The number of carbonyl (C=O) groups is 2. The van der Waals surface area contributed by atoms with Gasteiger partial charge in [-0.3, -0.25) is 19.4 Å². The molecule has 1 atom stereocenters. The van der Waals surface area contributed by atoms with Crippen LogP contribution in [0.1, 0.15) is 40.5 Å². The van der Waals surface area contributed by atoms with Crippen molar-refractivity contribution in [3.8, 4) is 0 Å². The van der Waals surface area contributed by atoms with E-state index in [9.17, 15) is 9.59 Å². The van der Waals surface area contributed by atoms with Crippen LogP contribution < -0.4 is 5.48 Å². The molecule has 0 radical (unpaired) electrons. The van der Waals surface area contributed by atoms with Crippen molar-refractivity contribution < 1.29 is 14.8 Å². The third kappa shape index (κ3) is 2.84. The highest BCUT2D eigenvalue weighted by Gasteiger charge is 2.31. The van der Waals surface area contributed by atoms with Crippen molar-refractivity contribution in [2.45, 2.75) is 32.6 Å². The van der Waals surface area contributed by atoms with Crippen molar-refractivity contribution in [1.29, 1.82) is 0 Å². The summed E-state index contributed by atoms with van der Waals surface area (Å²) >= 11 is 0. The fourth-order valence-electron chi connectivity index (χ4n) is 4.21. The van der Waals surface area contributed by atoms with E-state index in [1.807, 2.05) is 47.0 Å². The molecule has 4 rings (SSSR count). The summed E-state index contributed by atoms with van der Waals surface area (Å²) in [5.74, 6) is -0.672. The molecule has 0 saturated carbocycles. The second-order valence-electron chi connectivity index (χ2n) is 7.01. The molecule has 0 spiro atoms. The van der Waals surface area contributed by atoms with Gasteiger partial charge in [-0.1, -0.05) is 43.3 Å². The molecule has 138 valence electrons. The van der Waals surface area contributed by atoms with Crippen LogP contribution in [-0.4, -0.2) is 21.6 Å². The molecule has 1 aliphatic carbocycles. The van der Waals surface area contributed by atoms with E-state index >= 15 is 0 Å². The van der Waals surface area contributed by atoms with Crippen molar-refractivity contribution in [3.05, 3.63) is 70.9 Å². The Hall–Kier alpha value is -2.92. The van der Waals surface area contributed by atoms with E-state index in [1.54, 1.807) is 5.48 Å². The zero-order valence-corrected chi connectivity index (χ0v) is 15.2. The predicted octanol–water partition coefficient (Wildman–Crippen LogP) is 3.50. The Morgan fingerprint density at radius 2 is 1.93 bits per heavy atom. The van der Waals surface area contributed by atoms with E-state index in [4.69, 9.17) is 5.21 Å². The maximum atomic E-state index is 13.4. The number of aryl methyl sites for hydroxylation is 1. The Balaban J connectivity index is 1.94. The fraction of sp³-hybridized carbons (Fsp3) is 0.273. The highest BCUT2D eigenvalue weighted by atomic mass is 16.5. The largest absolute Gasteiger partial charge is 0.289 e. The lowest BCUT2D eigenvalue weighted by Gasteiger charge is -2.22. The van der Waals surface area contributed by atoms with Gasteiger partial charge in [0.1, 0.15) is 0 Å². The van der Waals surface area contributed by atoms with Crippen LogP contribution >= 0.6 is 0 Å². The second kappa shape index (κ2) is 7.00. The van der Waals surface area contributed by atoms with Gasteiger partial charge in [0, 0.05) is 22.6 Å². The van der Waals surface area contributed by atoms with Gasteiger partial charge in [-0.05, 0) is 48.9 Å². The lowest BCUT2D eigenvalue weighted by molar-refractivity contribution is -0.133. The average Bonchev–Trinajstić information content (AvgIpc) is 3.07. The number of benzene rings is 2. The summed E-state index contributed by atoms with van der Waals surface area (Å²) in [7, 11) is 0. The van der Waals surface area contributed by atoms with Crippen LogP contribution in [0.2, 0.25) is 0 Å². The first-order valence-corrected chi connectivity index (χ1v) is 9.33. The SMILES string of the molecule is CCc1cccc2c3c(n(C(=O)c4ccccc4)c12)CCC(C(=O)NO)C3. The van der Waals surface area contributed by atoms with E-state index in [-0.39, 0.29) is 17.7 Å². The van der Waals surface area contributed by atoms with Crippen molar-refractivity contribution in [2.75, 3.05) is 0 Å². The smallest absolute Gasteiger partial charge is 0.262 e. The number of nitrogens with one attached hydrogen (secondary N) is 1. The molecule has 2 N–H and O–H groups in total. The fourth-order valence-corrected chi connectivity index (χ4v) is 4.21. The number of aromatic nitrogens is 1. The minimum Gasteiger partial charge on any atom is -0.289 e. The molecule has 2 aromatic carbocycles. The number of hydrogen-bond donors (Lipinski definition) is 2. The molecule has 0 fully saturated rings. The van der Waals surface area contributed by atoms with E-state index in [1.165, 1.54) is 0 Å². The van der Waals surface area contributed by atoms with Gasteiger partial charge in [-0.15, -0.1) is 0 Å². The number of amides is 1. The Morgan fingerprint density at radius 1 is 1.15 bits per heavy atom. The maximum absolute atomic E-state index is 13.4. The van der Waals surface area contributed by atoms with Crippen molar-refractivity contribution in [1.82, 2.24) is 10.0 Å². The summed E-state index contributed by atoms with van der Waals surface area (Å²) < 4.78 is 1.85.